The monoisotopic (exact) mass is 406 g/mol. The van der Waals surface area contributed by atoms with Crippen LogP contribution >= 0.6 is 22.9 Å². The summed E-state index contributed by atoms with van der Waals surface area (Å²) in [5.74, 6) is 0.361. The van der Waals surface area contributed by atoms with Gasteiger partial charge < -0.3 is 14.5 Å². The van der Waals surface area contributed by atoms with Crippen LogP contribution < -0.4 is 10.3 Å². The van der Waals surface area contributed by atoms with Crippen molar-refractivity contribution in [2.45, 2.75) is 34.3 Å². The predicted molar refractivity (Wildman–Crippen MR) is 106 cm³/mol. The predicted octanol–water partition coefficient (Wildman–Crippen LogP) is 3.99. The number of aromatic nitrogens is 2. The van der Waals surface area contributed by atoms with Gasteiger partial charge in [0, 0.05) is 9.90 Å². The normalized spacial score (nSPS) is 11.0. The molecule has 0 fully saturated rings. The molecule has 0 bridgehead atoms. The van der Waals surface area contributed by atoms with Crippen LogP contribution in [0.5, 0.6) is 5.75 Å². The molecule has 0 saturated carbocycles. The van der Waals surface area contributed by atoms with Crippen molar-refractivity contribution in [3.8, 4) is 5.75 Å². The Morgan fingerprint density at radius 2 is 1.89 bits per heavy atom. The van der Waals surface area contributed by atoms with Gasteiger partial charge in [-0.15, -0.1) is 11.3 Å². The first-order valence-corrected chi connectivity index (χ1v) is 9.49. The van der Waals surface area contributed by atoms with Crippen molar-refractivity contribution in [3.05, 3.63) is 54.9 Å². The Kier molecular flexibility index (Phi) is 5.53. The summed E-state index contributed by atoms with van der Waals surface area (Å²) in [6.45, 7) is 7.18. The van der Waals surface area contributed by atoms with E-state index in [1.807, 2.05) is 27.7 Å². The van der Waals surface area contributed by atoms with Gasteiger partial charge in [0.25, 0.3) is 5.56 Å². The molecule has 0 radical (unpaired) electrons. The molecule has 2 aromatic heterocycles. The minimum atomic E-state index is -0.551. The van der Waals surface area contributed by atoms with Gasteiger partial charge in [0.1, 0.15) is 23.0 Å². The standard InChI is InChI=1S/C19H19ClN2O4S/c1-9-5-13(20)6-10(2)17(9)26-8-15(23)25-7-14-21-18(24)16-11(3)12(4)27-19(16)22-14/h5-6H,7-8H2,1-4H3,(H,21,22,24). The highest BCUT2D eigenvalue weighted by molar-refractivity contribution is 7.18. The molecule has 0 amide bonds. The summed E-state index contributed by atoms with van der Waals surface area (Å²) >= 11 is 7.43. The molecule has 0 spiro atoms. The Morgan fingerprint density at radius 1 is 1.22 bits per heavy atom. The average molecular weight is 407 g/mol. The molecular formula is C19H19ClN2O4S. The Morgan fingerprint density at radius 3 is 2.56 bits per heavy atom. The van der Waals surface area contributed by atoms with Crippen LogP contribution in [0.1, 0.15) is 27.4 Å². The molecule has 1 aromatic carbocycles. The third kappa shape index (κ3) is 4.14. The fourth-order valence-corrected chi connectivity index (χ4v) is 4.19. The molecule has 0 saturated heterocycles. The number of nitrogens with one attached hydrogen (secondary N) is 1. The van der Waals surface area contributed by atoms with Gasteiger partial charge in [0.05, 0.1) is 5.39 Å². The van der Waals surface area contributed by atoms with Crippen LogP contribution in [0, 0.1) is 27.7 Å². The highest BCUT2D eigenvalue weighted by atomic mass is 35.5. The molecule has 0 aliphatic heterocycles. The molecular weight excluding hydrogens is 388 g/mol. The van der Waals surface area contributed by atoms with Gasteiger partial charge in [0.2, 0.25) is 0 Å². The first-order valence-electron chi connectivity index (χ1n) is 8.30. The van der Waals surface area contributed by atoms with E-state index < -0.39 is 5.97 Å². The van der Waals surface area contributed by atoms with Crippen LogP contribution in [-0.2, 0) is 16.1 Å². The van der Waals surface area contributed by atoms with Crippen molar-refractivity contribution in [2.24, 2.45) is 0 Å². The van der Waals surface area contributed by atoms with E-state index in [0.717, 1.165) is 21.6 Å². The highest BCUT2D eigenvalue weighted by Crippen LogP contribution is 2.27. The van der Waals surface area contributed by atoms with Crippen molar-refractivity contribution in [1.29, 1.82) is 0 Å². The third-order valence-electron chi connectivity index (χ3n) is 4.22. The fraction of sp³-hybridized carbons (Fsp3) is 0.316. The molecule has 3 aromatic rings. The number of aromatic amines is 1. The number of rotatable bonds is 5. The Bertz CT molecular complexity index is 1060. The summed E-state index contributed by atoms with van der Waals surface area (Å²) in [6.07, 6.45) is 0. The van der Waals surface area contributed by atoms with Gasteiger partial charge in [-0.3, -0.25) is 4.79 Å². The number of hydrogen-bond donors (Lipinski definition) is 1. The summed E-state index contributed by atoms with van der Waals surface area (Å²) in [7, 11) is 0. The lowest BCUT2D eigenvalue weighted by molar-refractivity contribution is -0.147. The zero-order valence-electron chi connectivity index (χ0n) is 15.4. The molecule has 142 valence electrons. The van der Waals surface area contributed by atoms with E-state index in [0.29, 0.717) is 26.8 Å². The Balaban J connectivity index is 1.64. The average Bonchev–Trinajstić information content (AvgIpc) is 2.86. The molecule has 0 aliphatic rings. The zero-order valence-corrected chi connectivity index (χ0v) is 17.0. The lowest BCUT2D eigenvalue weighted by atomic mass is 10.1. The van der Waals surface area contributed by atoms with E-state index in [2.05, 4.69) is 9.97 Å². The molecule has 1 N–H and O–H groups in total. The smallest absolute Gasteiger partial charge is 0.344 e. The number of ether oxygens (including phenoxy) is 2. The number of thiophene rings is 1. The number of benzene rings is 1. The van der Waals surface area contributed by atoms with E-state index in [1.54, 1.807) is 12.1 Å². The van der Waals surface area contributed by atoms with E-state index in [9.17, 15) is 9.59 Å². The molecule has 0 atom stereocenters. The van der Waals surface area contributed by atoms with Gasteiger partial charge >= 0.3 is 5.97 Å². The molecule has 6 nitrogen and oxygen atoms in total. The Labute approximate surface area is 165 Å². The first kappa shape index (κ1) is 19.4. The maximum atomic E-state index is 12.2. The highest BCUT2D eigenvalue weighted by Gasteiger charge is 2.14. The third-order valence-corrected chi connectivity index (χ3v) is 5.54. The lowest BCUT2D eigenvalue weighted by Gasteiger charge is -2.12. The number of halogens is 1. The minimum absolute atomic E-state index is 0.123. The largest absolute Gasteiger partial charge is 0.481 e. The van der Waals surface area contributed by atoms with Gasteiger partial charge in [-0.2, -0.15) is 0 Å². The van der Waals surface area contributed by atoms with E-state index in [4.69, 9.17) is 21.1 Å². The Hall–Kier alpha value is -2.38. The summed E-state index contributed by atoms with van der Waals surface area (Å²) in [5.41, 5.74) is 2.38. The minimum Gasteiger partial charge on any atom is -0.481 e. The molecule has 0 unspecified atom stereocenters. The second-order valence-electron chi connectivity index (χ2n) is 6.29. The second kappa shape index (κ2) is 7.70. The lowest BCUT2D eigenvalue weighted by Crippen LogP contribution is -2.18. The number of nitrogens with zero attached hydrogens (tertiary/aromatic N) is 1. The summed E-state index contributed by atoms with van der Waals surface area (Å²) in [5, 5.41) is 1.20. The van der Waals surface area contributed by atoms with Gasteiger partial charge in [-0.25, -0.2) is 9.78 Å². The number of esters is 1. The number of H-pyrrole nitrogens is 1. The van der Waals surface area contributed by atoms with Crippen molar-refractivity contribution in [2.75, 3.05) is 6.61 Å². The quantitative estimate of drug-likeness (QED) is 0.648. The van der Waals surface area contributed by atoms with Gasteiger partial charge in [0.15, 0.2) is 6.61 Å². The number of carbonyl (C=O) groups is 1. The fourth-order valence-electron chi connectivity index (χ4n) is 2.81. The maximum Gasteiger partial charge on any atom is 0.344 e. The molecule has 3 rings (SSSR count). The molecule has 2 heterocycles. The van der Waals surface area contributed by atoms with Crippen LogP contribution in [-0.4, -0.2) is 22.5 Å². The summed E-state index contributed by atoms with van der Waals surface area (Å²) < 4.78 is 10.7. The van der Waals surface area contributed by atoms with Gasteiger partial charge in [-0.05, 0) is 56.5 Å². The number of fused-ring (bicyclic) bond motifs is 1. The molecule has 0 aliphatic carbocycles. The van der Waals surface area contributed by atoms with Crippen molar-refractivity contribution < 1.29 is 14.3 Å². The molecule has 27 heavy (non-hydrogen) atoms. The summed E-state index contributed by atoms with van der Waals surface area (Å²) in [4.78, 5) is 32.9. The SMILES string of the molecule is Cc1cc(Cl)cc(C)c1OCC(=O)OCc1nc2sc(C)c(C)c2c(=O)[nH]1. The van der Waals surface area contributed by atoms with Crippen LogP contribution in [0.15, 0.2) is 16.9 Å². The van der Waals surface area contributed by atoms with Crippen LogP contribution in [0.3, 0.4) is 0 Å². The van der Waals surface area contributed by atoms with Crippen molar-refractivity contribution >= 4 is 39.1 Å². The zero-order chi connectivity index (χ0) is 19.7. The van der Waals surface area contributed by atoms with Gasteiger partial charge in [-0.1, -0.05) is 11.6 Å². The van der Waals surface area contributed by atoms with Crippen LogP contribution in [0.4, 0.5) is 0 Å². The number of carbonyl (C=O) groups excluding carboxylic acids is 1. The van der Waals surface area contributed by atoms with Crippen molar-refractivity contribution in [1.82, 2.24) is 9.97 Å². The van der Waals surface area contributed by atoms with E-state index >= 15 is 0 Å². The number of aryl methyl sites for hydroxylation is 4. The van der Waals surface area contributed by atoms with Crippen LogP contribution in [0.25, 0.3) is 10.2 Å². The maximum absolute atomic E-state index is 12.2. The first-order chi connectivity index (χ1) is 12.8. The summed E-state index contributed by atoms with van der Waals surface area (Å²) in [6, 6.07) is 3.54. The number of hydrogen-bond acceptors (Lipinski definition) is 6. The van der Waals surface area contributed by atoms with Crippen molar-refractivity contribution in [3.63, 3.8) is 0 Å². The second-order valence-corrected chi connectivity index (χ2v) is 7.93. The molecule has 8 heteroatoms. The van der Waals surface area contributed by atoms with Crippen LogP contribution in [0.2, 0.25) is 5.02 Å². The topological polar surface area (TPSA) is 81.3 Å². The van der Waals surface area contributed by atoms with E-state index in [1.165, 1.54) is 11.3 Å². The van der Waals surface area contributed by atoms with E-state index in [-0.39, 0.29) is 18.8 Å².